The molecule has 0 radical (unpaired) electrons. The number of aromatic nitrogens is 3. The van der Waals surface area contributed by atoms with Crippen LogP contribution in [0.15, 0.2) is 6.33 Å². The van der Waals surface area contributed by atoms with Crippen molar-refractivity contribution in [2.45, 2.75) is 47.1 Å². The Bertz CT molecular complexity index is 344. The molecule has 1 atom stereocenters. The van der Waals surface area contributed by atoms with Crippen molar-refractivity contribution in [1.82, 2.24) is 14.8 Å². The lowest BCUT2D eigenvalue weighted by Crippen LogP contribution is -2.18. The van der Waals surface area contributed by atoms with E-state index in [0.717, 1.165) is 18.8 Å². The molecule has 1 aromatic rings. The molecule has 1 aromatic heterocycles. The highest BCUT2D eigenvalue weighted by atomic mass is 16.1. The average molecular weight is 223 g/mol. The summed E-state index contributed by atoms with van der Waals surface area (Å²) in [6, 6.07) is 0. The smallest absolute Gasteiger partial charge is 0.143 e. The van der Waals surface area contributed by atoms with Crippen molar-refractivity contribution in [3.63, 3.8) is 0 Å². The first-order chi connectivity index (χ1) is 7.54. The zero-order valence-corrected chi connectivity index (χ0v) is 10.6. The van der Waals surface area contributed by atoms with Crippen molar-refractivity contribution in [3.8, 4) is 0 Å². The molecule has 0 aliphatic carbocycles. The van der Waals surface area contributed by atoms with Gasteiger partial charge >= 0.3 is 0 Å². The van der Waals surface area contributed by atoms with Gasteiger partial charge in [0, 0.05) is 12.5 Å². The van der Waals surface area contributed by atoms with Gasteiger partial charge in [-0.15, -0.1) is 0 Å². The summed E-state index contributed by atoms with van der Waals surface area (Å²) in [6.45, 7) is 9.07. The molecule has 0 fully saturated rings. The number of rotatable bonds is 6. The lowest BCUT2D eigenvalue weighted by molar-refractivity contribution is -0.121. The number of hydrogen-bond acceptors (Lipinski definition) is 3. The second-order valence-corrected chi connectivity index (χ2v) is 4.70. The highest BCUT2D eigenvalue weighted by Gasteiger charge is 2.15. The Balaban J connectivity index is 2.66. The highest BCUT2D eigenvalue weighted by Crippen LogP contribution is 2.08. The average Bonchev–Trinajstić information content (AvgIpc) is 2.63. The summed E-state index contributed by atoms with van der Waals surface area (Å²) in [5.74, 6) is 1.67. The topological polar surface area (TPSA) is 47.8 Å². The summed E-state index contributed by atoms with van der Waals surface area (Å²) in [4.78, 5) is 16.0. The van der Waals surface area contributed by atoms with Gasteiger partial charge in [0.2, 0.25) is 0 Å². The summed E-state index contributed by atoms with van der Waals surface area (Å²) < 4.78 is 1.84. The van der Waals surface area contributed by atoms with Crippen LogP contribution in [0, 0.1) is 11.8 Å². The third kappa shape index (κ3) is 3.43. The fraction of sp³-hybridized carbons (Fsp3) is 0.750. The molecule has 0 amide bonds. The van der Waals surface area contributed by atoms with Crippen LogP contribution in [0.5, 0.6) is 0 Å². The predicted molar refractivity (Wildman–Crippen MR) is 63.0 cm³/mol. The first kappa shape index (κ1) is 12.9. The maximum Gasteiger partial charge on any atom is 0.143 e. The Morgan fingerprint density at radius 1 is 1.44 bits per heavy atom. The number of Topliss-reactive ketones (excluding diaryl/α,β-unsaturated/α-hetero) is 1. The predicted octanol–water partition coefficient (Wildman–Crippen LogP) is 2.09. The molecule has 0 saturated heterocycles. The van der Waals surface area contributed by atoms with Crippen LogP contribution in [-0.4, -0.2) is 20.5 Å². The van der Waals surface area contributed by atoms with E-state index >= 15 is 0 Å². The summed E-state index contributed by atoms with van der Waals surface area (Å²) in [7, 11) is 0. The molecule has 4 nitrogen and oxygen atoms in total. The standard InChI is InChI=1S/C12H21N3O/c1-5-10(4)11(16)6-12-13-8-14-15(12)7-9(2)3/h8-10H,5-7H2,1-4H3. The first-order valence-electron chi connectivity index (χ1n) is 5.94. The Labute approximate surface area is 97.1 Å². The van der Waals surface area contributed by atoms with Crippen molar-refractivity contribution in [2.24, 2.45) is 11.8 Å². The SMILES string of the molecule is CCC(C)C(=O)Cc1ncnn1CC(C)C. The highest BCUT2D eigenvalue weighted by molar-refractivity contribution is 5.82. The molecule has 0 aromatic carbocycles. The summed E-state index contributed by atoms with van der Waals surface area (Å²) in [5.41, 5.74) is 0. The molecule has 0 spiro atoms. The molecule has 0 aliphatic rings. The van der Waals surface area contributed by atoms with Crippen LogP contribution in [0.2, 0.25) is 0 Å². The fourth-order valence-electron chi connectivity index (χ4n) is 1.48. The van der Waals surface area contributed by atoms with E-state index in [9.17, 15) is 4.79 Å². The number of hydrogen-bond donors (Lipinski definition) is 0. The molecule has 1 rings (SSSR count). The van der Waals surface area contributed by atoms with Gasteiger partial charge in [0.05, 0.1) is 6.42 Å². The maximum atomic E-state index is 11.8. The van der Waals surface area contributed by atoms with Crippen LogP contribution in [-0.2, 0) is 17.8 Å². The lowest BCUT2D eigenvalue weighted by Gasteiger charge is -2.10. The van der Waals surface area contributed by atoms with Gasteiger partial charge in [-0.05, 0) is 12.3 Å². The molecule has 90 valence electrons. The van der Waals surface area contributed by atoms with Gasteiger partial charge in [0.25, 0.3) is 0 Å². The second-order valence-electron chi connectivity index (χ2n) is 4.70. The second kappa shape index (κ2) is 5.77. The van der Waals surface area contributed by atoms with Gasteiger partial charge in [-0.3, -0.25) is 4.79 Å². The van der Waals surface area contributed by atoms with Gasteiger partial charge in [0.1, 0.15) is 17.9 Å². The van der Waals surface area contributed by atoms with Crippen molar-refractivity contribution >= 4 is 5.78 Å². The lowest BCUT2D eigenvalue weighted by atomic mass is 10.0. The van der Waals surface area contributed by atoms with E-state index in [1.54, 1.807) is 0 Å². The van der Waals surface area contributed by atoms with E-state index in [0.29, 0.717) is 12.3 Å². The van der Waals surface area contributed by atoms with Crippen LogP contribution in [0.25, 0.3) is 0 Å². The minimum atomic E-state index is 0.115. The molecule has 0 bridgehead atoms. The van der Waals surface area contributed by atoms with Gasteiger partial charge in [-0.1, -0.05) is 27.7 Å². The summed E-state index contributed by atoms with van der Waals surface area (Å²) in [6.07, 6.45) is 2.82. The van der Waals surface area contributed by atoms with E-state index in [1.807, 2.05) is 18.5 Å². The van der Waals surface area contributed by atoms with Crippen LogP contribution in [0.4, 0.5) is 0 Å². The number of ketones is 1. The van der Waals surface area contributed by atoms with Gasteiger partial charge in [-0.25, -0.2) is 9.67 Å². The summed E-state index contributed by atoms with van der Waals surface area (Å²) in [5, 5.41) is 4.15. The van der Waals surface area contributed by atoms with E-state index < -0.39 is 0 Å². The maximum absolute atomic E-state index is 11.8. The number of carbonyl (C=O) groups is 1. The van der Waals surface area contributed by atoms with Crippen LogP contribution in [0.3, 0.4) is 0 Å². The Morgan fingerprint density at radius 2 is 2.12 bits per heavy atom. The minimum Gasteiger partial charge on any atom is -0.299 e. The van der Waals surface area contributed by atoms with E-state index in [2.05, 4.69) is 23.9 Å². The Morgan fingerprint density at radius 3 is 2.69 bits per heavy atom. The quantitative estimate of drug-likeness (QED) is 0.742. The number of nitrogens with zero attached hydrogens (tertiary/aromatic N) is 3. The van der Waals surface area contributed by atoms with Gasteiger partial charge in [0.15, 0.2) is 0 Å². The fourth-order valence-corrected chi connectivity index (χ4v) is 1.48. The molecule has 0 N–H and O–H groups in total. The third-order valence-corrected chi connectivity index (χ3v) is 2.73. The van der Waals surface area contributed by atoms with Crippen molar-refractivity contribution in [3.05, 3.63) is 12.2 Å². The molecule has 16 heavy (non-hydrogen) atoms. The molecule has 4 heteroatoms. The zero-order valence-electron chi connectivity index (χ0n) is 10.6. The van der Waals surface area contributed by atoms with Crippen molar-refractivity contribution in [2.75, 3.05) is 0 Å². The molecule has 1 unspecified atom stereocenters. The van der Waals surface area contributed by atoms with Crippen molar-refractivity contribution in [1.29, 1.82) is 0 Å². The van der Waals surface area contributed by atoms with Crippen LogP contribution in [0.1, 0.15) is 39.9 Å². The van der Waals surface area contributed by atoms with Gasteiger partial charge in [-0.2, -0.15) is 5.10 Å². The normalized spacial score (nSPS) is 13.1. The monoisotopic (exact) mass is 223 g/mol. The van der Waals surface area contributed by atoms with Gasteiger partial charge < -0.3 is 0 Å². The minimum absolute atomic E-state index is 0.115. The molecule has 0 saturated carbocycles. The van der Waals surface area contributed by atoms with E-state index in [4.69, 9.17) is 0 Å². The Hall–Kier alpha value is -1.19. The van der Waals surface area contributed by atoms with E-state index in [1.165, 1.54) is 6.33 Å². The molecular weight excluding hydrogens is 202 g/mol. The van der Waals surface area contributed by atoms with Crippen LogP contribution >= 0.6 is 0 Å². The largest absolute Gasteiger partial charge is 0.299 e. The van der Waals surface area contributed by atoms with E-state index in [-0.39, 0.29) is 11.7 Å². The zero-order chi connectivity index (χ0) is 12.1. The third-order valence-electron chi connectivity index (χ3n) is 2.73. The molecular formula is C12H21N3O. The number of carbonyl (C=O) groups excluding carboxylic acids is 1. The van der Waals surface area contributed by atoms with Crippen LogP contribution < -0.4 is 0 Å². The Kier molecular flexibility index (Phi) is 4.65. The first-order valence-corrected chi connectivity index (χ1v) is 5.94. The molecule has 0 aliphatic heterocycles. The molecule has 1 heterocycles. The van der Waals surface area contributed by atoms with Crippen molar-refractivity contribution < 1.29 is 4.79 Å². The summed E-state index contributed by atoms with van der Waals surface area (Å²) >= 11 is 0.